The van der Waals surface area contributed by atoms with E-state index in [0.29, 0.717) is 66.9 Å². The molecule has 9 rings (SSSR count). The van der Waals surface area contributed by atoms with Crippen molar-refractivity contribution < 1.29 is 46.2 Å². The van der Waals surface area contributed by atoms with E-state index < -0.39 is 68.2 Å². The van der Waals surface area contributed by atoms with Crippen molar-refractivity contribution >= 4 is 55.9 Å². The summed E-state index contributed by atoms with van der Waals surface area (Å²) in [7, 11) is -4.02. The molecule has 3 aliphatic carbocycles. The third-order valence-corrected chi connectivity index (χ3v) is 15.4. The molecule has 334 valence electrons. The number of carbonyl (C=O) groups excluding carboxylic acids is 4. The normalized spacial score (nSPS) is 26.7. The molecule has 4 heterocycles. The molecule has 2 aliphatic heterocycles. The van der Waals surface area contributed by atoms with Gasteiger partial charge in [0.1, 0.15) is 46.7 Å². The monoisotopic (exact) mass is 882 g/mol. The molecule has 63 heavy (non-hydrogen) atoms. The van der Waals surface area contributed by atoms with Gasteiger partial charge in [-0.05, 0) is 114 Å². The Morgan fingerprint density at radius 2 is 1.73 bits per heavy atom. The third kappa shape index (κ3) is 8.68. The van der Waals surface area contributed by atoms with Gasteiger partial charge in [0.25, 0.3) is 11.8 Å². The Kier molecular flexibility index (Phi) is 11.6. The van der Waals surface area contributed by atoms with Crippen LogP contribution in [0, 0.1) is 5.92 Å². The van der Waals surface area contributed by atoms with Crippen molar-refractivity contribution in [3.05, 3.63) is 60.7 Å². The predicted molar refractivity (Wildman–Crippen MR) is 232 cm³/mol. The number of hydrogen-bond acceptors (Lipinski definition) is 12. The van der Waals surface area contributed by atoms with Gasteiger partial charge in [-0.25, -0.2) is 18.2 Å². The smallest absolute Gasteiger partial charge is 0.408 e. The van der Waals surface area contributed by atoms with Crippen molar-refractivity contribution in [1.82, 2.24) is 30.2 Å². The van der Waals surface area contributed by atoms with Gasteiger partial charge in [-0.15, -0.1) is 0 Å². The highest BCUT2D eigenvalue weighted by molar-refractivity contribution is 7.91. The number of nitrogens with one attached hydrogen (secondary N) is 3. The fraction of sp³-hybridized carbons (Fsp3) is 0.522. The van der Waals surface area contributed by atoms with E-state index in [1.54, 1.807) is 6.92 Å². The maximum atomic E-state index is 14.8. The van der Waals surface area contributed by atoms with Crippen LogP contribution in [0.3, 0.4) is 0 Å². The molecule has 16 nitrogen and oxygen atoms in total. The van der Waals surface area contributed by atoms with Gasteiger partial charge in [0.05, 0.1) is 17.9 Å². The van der Waals surface area contributed by atoms with Crippen LogP contribution in [0.4, 0.5) is 4.79 Å². The predicted octanol–water partition coefficient (Wildman–Crippen LogP) is 6.22. The Bertz CT molecular complexity index is 2550. The SMILES string of the molecule is CCOc1ccc(-c2nc(O[C@@H]3C[C@H]4C(=O)N[C@]5(C(=O)NS(=O)(=O)C6(C)CC6)C[C@@H]5/C=C\CCCCC[C@H](NC(=O)OC5CCCC5)C(=O)N4C3)c3oc4ccccc4c3n2)cc1. The van der Waals surface area contributed by atoms with E-state index in [0.717, 1.165) is 43.9 Å². The molecule has 3 N–H and O–H groups in total. The second-order valence-corrected chi connectivity index (χ2v) is 20.0. The summed E-state index contributed by atoms with van der Waals surface area (Å²) < 4.78 is 52.1. The zero-order valence-electron chi connectivity index (χ0n) is 35.6. The zero-order valence-corrected chi connectivity index (χ0v) is 36.4. The number of nitrogens with zero attached hydrogens (tertiary/aromatic N) is 3. The van der Waals surface area contributed by atoms with Gasteiger partial charge in [-0.2, -0.15) is 4.98 Å². The van der Waals surface area contributed by atoms with Crippen LogP contribution < -0.4 is 24.8 Å². The molecule has 5 aliphatic rings. The van der Waals surface area contributed by atoms with Crippen LogP contribution >= 0.6 is 0 Å². The maximum absolute atomic E-state index is 14.8. The van der Waals surface area contributed by atoms with Gasteiger partial charge in [0.2, 0.25) is 27.4 Å². The van der Waals surface area contributed by atoms with Crippen LogP contribution in [-0.2, 0) is 29.1 Å². The maximum Gasteiger partial charge on any atom is 0.408 e. The number of ether oxygens (including phenoxy) is 3. The van der Waals surface area contributed by atoms with E-state index in [1.165, 1.54) is 4.90 Å². The van der Waals surface area contributed by atoms with E-state index in [-0.39, 0.29) is 37.0 Å². The third-order valence-electron chi connectivity index (χ3n) is 13.2. The van der Waals surface area contributed by atoms with Crippen LogP contribution in [0.2, 0.25) is 0 Å². The minimum Gasteiger partial charge on any atom is -0.494 e. The molecule has 0 spiro atoms. The van der Waals surface area contributed by atoms with Crippen LogP contribution in [0.15, 0.2) is 65.1 Å². The van der Waals surface area contributed by atoms with Crippen molar-refractivity contribution in [2.45, 2.75) is 132 Å². The Balaban J connectivity index is 1.05. The molecule has 2 aromatic heterocycles. The average molecular weight is 883 g/mol. The number of aromatic nitrogens is 2. The summed E-state index contributed by atoms with van der Waals surface area (Å²) in [4.78, 5) is 68.0. The second kappa shape index (κ2) is 17.1. The lowest BCUT2D eigenvalue weighted by atomic mass is 10.0. The summed E-state index contributed by atoms with van der Waals surface area (Å²) in [5.41, 5.74) is 0.507. The van der Waals surface area contributed by atoms with Crippen molar-refractivity contribution in [3.63, 3.8) is 0 Å². The Morgan fingerprint density at radius 1 is 0.968 bits per heavy atom. The van der Waals surface area contributed by atoms with E-state index in [9.17, 15) is 27.6 Å². The van der Waals surface area contributed by atoms with Crippen molar-refractivity contribution in [3.8, 4) is 23.0 Å². The lowest BCUT2D eigenvalue weighted by molar-refractivity contribution is -0.141. The van der Waals surface area contributed by atoms with Gasteiger partial charge in [-0.1, -0.05) is 37.1 Å². The summed E-state index contributed by atoms with van der Waals surface area (Å²) in [6.07, 6.45) is 9.68. The molecule has 4 amide bonds. The molecule has 5 atom stereocenters. The number of hydrogen-bond donors (Lipinski definition) is 3. The van der Waals surface area contributed by atoms with Gasteiger partial charge in [0.15, 0.2) is 5.82 Å². The van der Waals surface area contributed by atoms with E-state index >= 15 is 0 Å². The first-order valence-corrected chi connectivity index (χ1v) is 23.8. The molecule has 0 unspecified atom stereocenters. The first kappa shape index (κ1) is 42.6. The number of sulfonamides is 1. The average Bonchev–Trinajstić information content (AvgIpc) is 3.92. The molecule has 3 saturated carbocycles. The Labute approximate surface area is 365 Å². The molecule has 4 aromatic rings. The summed E-state index contributed by atoms with van der Waals surface area (Å²) in [5, 5.41) is 6.49. The van der Waals surface area contributed by atoms with Crippen molar-refractivity contribution in [1.29, 1.82) is 0 Å². The fourth-order valence-electron chi connectivity index (χ4n) is 9.08. The molecule has 0 bridgehead atoms. The highest BCUT2D eigenvalue weighted by Gasteiger charge is 2.63. The molecule has 17 heteroatoms. The number of fused-ring (bicyclic) bond motifs is 5. The Morgan fingerprint density at radius 3 is 2.49 bits per heavy atom. The van der Waals surface area contributed by atoms with Gasteiger partial charge >= 0.3 is 6.09 Å². The molecule has 0 radical (unpaired) electrons. The first-order valence-electron chi connectivity index (χ1n) is 22.3. The molecule has 1 saturated heterocycles. The number of furan rings is 1. The van der Waals surface area contributed by atoms with E-state index in [4.69, 9.17) is 28.6 Å². The lowest BCUT2D eigenvalue weighted by Gasteiger charge is -2.30. The number of allylic oxidation sites excluding steroid dienone is 1. The van der Waals surface area contributed by atoms with Gasteiger partial charge < -0.3 is 34.2 Å². The quantitative estimate of drug-likeness (QED) is 0.152. The largest absolute Gasteiger partial charge is 0.494 e. The summed E-state index contributed by atoms with van der Waals surface area (Å²) in [6.45, 7) is 3.93. The van der Waals surface area contributed by atoms with Crippen LogP contribution in [-0.4, -0.2) is 94.8 Å². The van der Waals surface area contributed by atoms with E-state index in [2.05, 4.69) is 15.4 Å². The van der Waals surface area contributed by atoms with Crippen molar-refractivity contribution in [2.75, 3.05) is 13.2 Å². The highest BCUT2D eigenvalue weighted by Crippen LogP contribution is 2.48. The zero-order chi connectivity index (χ0) is 43.9. The topological polar surface area (TPSA) is 208 Å². The van der Waals surface area contributed by atoms with Crippen LogP contribution in [0.1, 0.15) is 97.3 Å². The number of benzene rings is 2. The minimum absolute atomic E-state index is 0.0184. The second-order valence-electron chi connectivity index (χ2n) is 17.8. The van der Waals surface area contributed by atoms with Crippen molar-refractivity contribution in [2.24, 2.45) is 5.92 Å². The number of carbonyl (C=O) groups is 4. The molecule has 2 aromatic carbocycles. The van der Waals surface area contributed by atoms with Crippen LogP contribution in [0.25, 0.3) is 33.5 Å². The summed E-state index contributed by atoms with van der Waals surface area (Å²) in [5.74, 6) is -1.27. The van der Waals surface area contributed by atoms with Crippen LogP contribution in [0.5, 0.6) is 11.6 Å². The summed E-state index contributed by atoms with van der Waals surface area (Å²) in [6, 6.07) is 12.6. The lowest BCUT2D eigenvalue weighted by Crippen LogP contribution is -2.58. The molecule has 4 fully saturated rings. The number of para-hydroxylation sites is 1. The molecular weight excluding hydrogens is 829 g/mol. The number of rotatable bonds is 10. The van der Waals surface area contributed by atoms with Gasteiger partial charge in [-0.3, -0.25) is 19.1 Å². The molecular formula is C46H54N6O10S. The van der Waals surface area contributed by atoms with E-state index in [1.807, 2.05) is 67.6 Å². The first-order chi connectivity index (χ1) is 30.4. The standard InChI is InChI=1S/C46H54N6O10S/c1-3-59-30-21-19-28(20-22-30)39-48-37-33-16-11-12-18-36(33)62-38(37)41(49-39)60-32-25-35-40(53)50-46(43(55)51-63(57,58)45(2)23-24-45)26-29(46)13-7-5-4-6-8-17-34(42(54)52(35)27-32)47-44(56)61-31-14-9-10-15-31/h7,11-13,16,18-22,29,31-32,34-35H,3-6,8-10,14-15,17,23-27H2,1-2H3,(H,47,56)(H,50,53)(H,51,55)/b13-7-/t29-,32+,34-,35-,46+/m0/s1. The summed E-state index contributed by atoms with van der Waals surface area (Å²) >= 11 is 0. The number of alkyl carbamates (subject to hydrolysis) is 1. The fourth-order valence-corrected chi connectivity index (χ4v) is 10.4. The number of amides is 4. The van der Waals surface area contributed by atoms with Gasteiger partial charge in [0, 0.05) is 23.3 Å². The Hall–Kier alpha value is -5.71. The highest BCUT2D eigenvalue weighted by atomic mass is 32.2. The minimum atomic E-state index is -4.02.